The van der Waals surface area contributed by atoms with Crippen molar-refractivity contribution in [3.63, 3.8) is 0 Å². The lowest BCUT2D eigenvalue weighted by molar-refractivity contribution is 0.0527. The van der Waals surface area contributed by atoms with Gasteiger partial charge in [0.15, 0.2) is 0 Å². The van der Waals surface area contributed by atoms with Crippen molar-refractivity contribution in [2.45, 2.75) is 12.6 Å². The van der Waals surface area contributed by atoms with Crippen molar-refractivity contribution in [2.75, 3.05) is 12.4 Å². The molecule has 0 unspecified atom stereocenters. The monoisotopic (exact) mass is 306 g/mol. The summed E-state index contributed by atoms with van der Waals surface area (Å²) in [6.45, 7) is -0.353. The normalized spacial score (nSPS) is 11.3. The Bertz CT molecular complexity index is 645. The Morgan fingerprint density at radius 1 is 1.19 bits per heavy atom. The van der Waals surface area contributed by atoms with Crippen molar-refractivity contribution < 1.29 is 22.5 Å². The summed E-state index contributed by atoms with van der Waals surface area (Å²) in [5, 5.41) is 0. The maximum absolute atomic E-state index is 12.1. The number of benzene rings is 1. The quantitative estimate of drug-likeness (QED) is 0.326. The molecule has 110 valence electrons. The Kier molecular flexibility index (Phi) is 6.16. The van der Waals surface area contributed by atoms with Crippen LogP contribution in [0, 0.1) is 0 Å². The van der Waals surface area contributed by atoms with Gasteiger partial charge in [-0.05, 0) is 5.56 Å². The average molecular weight is 306 g/mol. The van der Waals surface area contributed by atoms with E-state index in [0.717, 1.165) is 22.8 Å². The summed E-state index contributed by atoms with van der Waals surface area (Å²) in [5.74, 6) is -1.14. The third-order valence-corrected chi connectivity index (χ3v) is 4.25. The van der Waals surface area contributed by atoms with E-state index in [9.17, 15) is 13.2 Å². The first-order chi connectivity index (χ1) is 9.71. The average Bonchev–Trinajstić information content (AvgIpc) is 2.37. The number of carbonyl (C=O) groups is 1. The second-order valence-corrected chi connectivity index (χ2v) is 6.52. The molecule has 1 N–H and O–H groups in total. The fourth-order valence-electron chi connectivity index (χ4n) is 2.57. The van der Waals surface area contributed by atoms with Gasteiger partial charge in [-0.1, -0.05) is 35.2 Å². The first-order valence-electron chi connectivity index (χ1n) is 6.95. The minimum Gasteiger partial charge on any atom is -0.461 e. The van der Waals surface area contributed by atoms with E-state index in [1.807, 2.05) is 23.5 Å². The highest BCUT2D eigenvalue weighted by molar-refractivity contribution is 7.85. The van der Waals surface area contributed by atoms with Crippen LogP contribution in [-0.2, 0) is 27.5 Å². The van der Waals surface area contributed by atoms with Crippen LogP contribution in [0.4, 0.5) is 0 Å². The summed E-state index contributed by atoms with van der Waals surface area (Å²) < 4.78 is 34.8. The highest BCUT2D eigenvalue weighted by Gasteiger charge is 2.17. The fourth-order valence-corrected chi connectivity index (χ4v) is 2.86. The molecule has 0 aliphatic heterocycles. The zero-order valence-electron chi connectivity index (χ0n) is 12.9. The van der Waals surface area contributed by atoms with Crippen LogP contribution in [0.5, 0.6) is 0 Å². The Morgan fingerprint density at radius 2 is 1.76 bits per heavy atom. The van der Waals surface area contributed by atoms with Gasteiger partial charge in [-0.25, -0.2) is 4.79 Å². The second-order valence-electron chi connectivity index (χ2n) is 4.95. The van der Waals surface area contributed by atoms with Gasteiger partial charge < -0.3 is 4.74 Å². The zero-order chi connectivity index (χ0) is 16.2. The smallest absolute Gasteiger partial charge is 0.338 e. The molecular formula is C11H18B4O5S. The van der Waals surface area contributed by atoms with Gasteiger partial charge in [0.2, 0.25) is 0 Å². The van der Waals surface area contributed by atoms with Crippen LogP contribution in [0.15, 0.2) is 6.07 Å². The molecule has 0 amide bonds. The number of hydrogen-bond acceptors (Lipinski definition) is 4. The van der Waals surface area contributed by atoms with Crippen molar-refractivity contribution in [3.8, 4) is 0 Å². The molecule has 5 nitrogen and oxygen atoms in total. The SMILES string of the molecule is BCc1c(B)cc(C(=O)OCCS(=O)(=O)O)c(CB)c1B. The number of esters is 1. The van der Waals surface area contributed by atoms with E-state index in [-0.39, 0.29) is 6.61 Å². The lowest BCUT2D eigenvalue weighted by atomic mass is 9.70. The molecular weight excluding hydrogens is 287 g/mol. The highest BCUT2D eigenvalue weighted by atomic mass is 32.2. The molecule has 1 aromatic carbocycles. The van der Waals surface area contributed by atoms with Crippen LogP contribution in [0.25, 0.3) is 0 Å². The molecule has 21 heavy (non-hydrogen) atoms. The maximum Gasteiger partial charge on any atom is 0.338 e. The number of rotatable bonds is 6. The number of carbonyl (C=O) groups excluding carboxylic acids is 1. The lowest BCUT2D eigenvalue weighted by Crippen LogP contribution is -2.30. The molecule has 0 spiro atoms. The van der Waals surface area contributed by atoms with E-state index in [0.29, 0.717) is 11.9 Å². The molecule has 0 aromatic heterocycles. The summed E-state index contributed by atoms with van der Waals surface area (Å²) in [5.41, 5.74) is 4.73. The van der Waals surface area contributed by atoms with Gasteiger partial charge in [-0.2, -0.15) is 8.42 Å². The first kappa shape index (κ1) is 17.9. The van der Waals surface area contributed by atoms with Gasteiger partial charge in [0, 0.05) is 0 Å². The van der Waals surface area contributed by atoms with Crippen LogP contribution in [0.3, 0.4) is 0 Å². The molecule has 0 saturated heterocycles. The number of hydrogen-bond donors (Lipinski definition) is 1. The minimum atomic E-state index is -4.12. The molecule has 1 rings (SSSR count). The molecule has 0 fully saturated rings. The molecule has 0 atom stereocenters. The summed E-state index contributed by atoms with van der Waals surface area (Å²) in [6, 6.07) is 1.79. The predicted octanol–water partition coefficient (Wildman–Crippen LogP) is -4.49. The molecule has 0 aliphatic rings. The topological polar surface area (TPSA) is 80.7 Å². The van der Waals surface area contributed by atoms with E-state index >= 15 is 0 Å². The standard InChI is InChI=1S/C11H18B4O5S/c12-4-7-6(3-9(14)8(5-13)10(7)15)11(16)20-1-2-21(17,18)19/h3H,1-2,4-5,12-15H2,(H,17,18,19). The van der Waals surface area contributed by atoms with Gasteiger partial charge in [-0.15, -0.1) is 0 Å². The molecule has 0 radical (unpaired) electrons. The minimum absolute atomic E-state index is 0.353. The van der Waals surface area contributed by atoms with Crippen molar-refractivity contribution in [1.82, 2.24) is 0 Å². The Morgan fingerprint density at radius 3 is 2.24 bits per heavy atom. The van der Waals surface area contributed by atoms with Gasteiger partial charge in [0.1, 0.15) is 43.7 Å². The Labute approximate surface area is 129 Å². The van der Waals surface area contributed by atoms with Crippen LogP contribution in [0.2, 0.25) is 0 Å². The third kappa shape index (κ3) is 4.68. The van der Waals surface area contributed by atoms with Gasteiger partial charge in [0.25, 0.3) is 10.1 Å². The third-order valence-electron chi connectivity index (χ3n) is 3.57. The van der Waals surface area contributed by atoms with E-state index in [2.05, 4.69) is 7.85 Å². The summed E-state index contributed by atoms with van der Waals surface area (Å²) in [4.78, 5) is 12.1. The van der Waals surface area contributed by atoms with Gasteiger partial charge in [-0.3, -0.25) is 4.55 Å². The van der Waals surface area contributed by atoms with Crippen molar-refractivity contribution in [3.05, 3.63) is 22.8 Å². The van der Waals surface area contributed by atoms with E-state index < -0.39 is 21.8 Å². The molecule has 0 heterocycles. The highest BCUT2D eigenvalue weighted by Crippen LogP contribution is 2.09. The van der Waals surface area contributed by atoms with E-state index in [4.69, 9.17) is 9.29 Å². The summed E-state index contributed by atoms with van der Waals surface area (Å²) in [6.07, 6.45) is 1.59. The molecule has 0 bridgehead atoms. The fraction of sp³-hybridized carbons (Fsp3) is 0.364. The predicted molar refractivity (Wildman–Crippen MR) is 94.0 cm³/mol. The Hall–Kier alpha value is -1.14. The molecule has 1 aromatic rings. The first-order valence-corrected chi connectivity index (χ1v) is 8.56. The van der Waals surface area contributed by atoms with Crippen LogP contribution < -0.4 is 10.9 Å². The van der Waals surface area contributed by atoms with Crippen molar-refractivity contribution in [1.29, 1.82) is 0 Å². The molecule has 0 saturated carbocycles. The van der Waals surface area contributed by atoms with Gasteiger partial charge in [0.05, 0.1) is 5.56 Å². The Balaban J connectivity index is 3.04. The van der Waals surface area contributed by atoms with E-state index in [1.165, 1.54) is 5.56 Å². The van der Waals surface area contributed by atoms with Gasteiger partial charge >= 0.3 is 5.97 Å². The van der Waals surface area contributed by atoms with Crippen LogP contribution in [0.1, 0.15) is 21.5 Å². The van der Waals surface area contributed by atoms with Crippen molar-refractivity contribution in [2.24, 2.45) is 0 Å². The van der Waals surface area contributed by atoms with Crippen molar-refractivity contribution >= 4 is 58.4 Å². The largest absolute Gasteiger partial charge is 0.461 e. The van der Waals surface area contributed by atoms with Crippen LogP contribution >= 0.6 is 0 Å². The maximum atomic E-state index is 12.1. The lowest BCUT2D eigenvalue weighted by Gasteiger charge is -2.17. The van der Waals surface area contributed by atoms with Crippen LogP contribution in [-0.4, -0.2) is 62.7 Å². The summed E-state index contributed by atoms with van der Waals surface area (Å²) >= 11 is 0. The molecule has 0 aliphatic carbocycles. The molecule has 10 heteroatoms. The summed E-state index contributed by atoms with van der Waals surface area (Å²) in [7, 11) is 3.84. The number of ether oxygens (including phenoxy) is 1. The zero-order valence-corrected chi connectivity index (χ0v) is 13.7. The van der Waals surface area contributed by atoms with E-state index in [1.54, 1.807) is 6.07 Å². The second kappa shape index (κ2) is 7.22.